The summed E-state index contributed by atoms with van der Waals surface area (Å²) in [7, 11) is 0. The maximum atomic E-state index is 13.1. The van der Waals surface area contributed by atoms with E-state index in [4.69, 9.17) is 4.74 Å². The van der Waals surface area contributed by atoms with Crippen molar-refractivity contribution in [2.75, 3.05) is 6.54 Å². The van der Waals surface area contributed by atoms with Gasteiger partial charge in [-0.05, 0) is 62.2 Å². The molecule has 0 radical (unpaired) electrons. The lowest BCUT2D eigenvalue weighted by atomic mass is 10.2. The molecule has 1 fully saturated rings. The molecular weight excluding hydrogens is 538 g/mol. The van der Waals surface area contributed by atoms with Crippen molar-refractivity contribution in [3.8, 4) is 22.9 Å². The van der Waals surface area contributed by atoms with E-state index < -0.39 is 6.04 Å². The maximum absolute atomic E-state index is 13.1. The molecule has 5 rings (SSSR count). The number of hydrogen-bond acceptors (Lipinski definition) is 6. The smallest absolute Gasteiger partial charge is 0.251 e. The molecule has 2 unspecified atom stereocenters. The zero-order valence-corrected chi connectivity index (χ0v) is 24.2. The van der Waals surface area contributed by atoms with Gasteiger partial charge < -0.3 is 25.3 Å². The van der Waals surface area contributed by atoms with Crippen LogP contribution in [0.5, 0.6) is 11.5 Å². The largest absolute Gasteiger partial charge is 0.457 e. The molecule has 3 N–H and O–H groups in total. The topological polar surface area (TPSA) is 116 Å². The zero-order valence-electron chi connectivity index (χ0n) is 23.4. The number of nitrogens with zero attached hydrogens (tertiary/aromatic N) is 2. The van der Waals surface area contributed by atoms with Gasteiger partial charge in [-0.25, -0.2) is 4.98 Å². The molecule has 4 aromatic rings. The summed E-state index contributed by atoms with van der Waals surface area (Å²) in [6.45, 7) is 6.11. The number of likely N-dealkylation sites (tertiary alicyclic amines) is 1. The van der Waals surface area contributed by atoms with Crippen LogP contribution in [0.2, 0.25) is 0 Å². The van der Waals surface area contributed by atoms with E-state index in [-0.39, 0.29) is 30.3 Å². The van der Waals surface area contributed by atoms with Gasteiger partial charge >= 0.3 is 0 Å². The molecule has 0 aliphatic carbocycles. The summed E-state index contributed by atoms with van der Waals surface area (Å²) < 4.78 is 5.76. The van der Waals surface area contributed by atoms with Crippen LogP contribution in [0.4, 0.5) is 0 Å². The first-order chi connectivity index (χ1) is 20.0. The molecule has 1 aliphatic rings. The van der Waals surface area contributed by atoms with Gasteiger partial charge in [0.05, 0.1) is 13.1 Å². The third-order valence-corrected chi connectivity index (χ3v) is 7.55. The molecule has 1 aliphatic heterocycles. The molecule has 0 spiro atoms. The summed E-state index contributed by atoms with van der Waals surface area (Å²) >= 11 is 1.54. The van der Waals surface area contributed by atoms with Crippen LogP contribution in [0, 0.1) is 0 Å². The molecule has 214 valence electrons. The summed E-state index contributed by atoms with van der Waals surface area (Å²) in [6.07, 6.45) is 4.77. The molecule has 0 bridgehead atoms. The molecule has 2 aromatic carbocycles. The Morgan fingerprint density at radius 3 is 2.46 bits per heavy atom. The van der Waals surface area contributed by atoms with Gasteiger partial charge in [-0.3, -0.25) is 14.4 Å². The Morgan fingerprint density at radius 2 is 1.76 bits per heavy atom. The van der Waals surface area contributed by atoms with Crippen LogP contribution in [0.1, 0.15) is 48.8 Å². The number of rotatable bonds is 9. The van der Waals surface area contributed by atoms with Crippen LogP contribution >= 0.6 is 11.3 Å². The Kier molecular flexibility index (Phi) is 10.3. The minimum Gasteiger partial charge on any atom is -0.457 e. The number of hydrogen-bond donors (Lipinski definition) is 3. The molecule has 0 saturated carbocycles. The quantitative estimate of drug-likeness (QED) is 0.249. The van der Waals surface area contributed by atoms with Crippen molar-refractivity contribution in [2.45, 2.75) is 52.2 Å². The van der Waals surface area contributed by atoms with Gasteiger partial charge in [-0.2, -0.15) is 0 Å². The SMILES string of the molecule is CC.CC1CCC(C(=O)NCc2cc(-c3ncc[nH]3)cs2)N1C(=O)CNC(=O)c1ccc(Oc2ccccc2)cc1. The Hall–Kier alpha value is -4.44. The number of amides is 3. The number of aromatic amines is 1. The van der Waals surface area contributed by atoms with Crippen LogP contribution < -0.4 is 15.4 Å². The zero-order chi connectivity index (χ0) is 29.2. The van der Waals surface area contributed by atoms with E-state index in [0.717, 1.165) is 22.7 Å². The van der Waals surface area contributed by atoms with Crippen LogP contribution in [-0.2, 0) is 16.1 Å². The standard InChI is InChI=1S/C29H29N5O4S.C2H6/c1-19-7-12-25(29(37)32-16-24-15-21(18-39-24)27-30-13-14-31-27)34(19)26(35)17-33-28(36)20-8-10-23(11-9-20)38-22-5-3-2-4-6-22;1-2/h2-6,8-11,13-15,18-19,25H,7,12,16-17H2,1H3,(H,30,31)(H,32,37)(H,33,36);1-2H3. The average molecular weight is 574 g/mol. The molecular formula is C31H35N5O4S. The first-order valence-corrected chi connectivity index (χ1v) is 14.6. The molecule has 2 atom stereocenters. The van der Waals surface area contributed by atoms with Crippen LogP contribution in [0.25, 0.3) is 11.4 Å². The minimum atomic E-state index is -0.566. The van der Waals surface area contributed by atoms with E-state index in [9.17, 15) is 14.4 Å². The highest BCUT2D eigenvalue weighted by atomic mass is 32.1. The first-order valence-electron chi connectivity index (χ1n) is 13.7. The maximum Gasteiger partial charge on any atom is 0.251 e. The number of H-pyrrole nitrogens is 1. The Bertz CT molecular complexity index is 1420. The second-order valence-corrected chi connectivity index (χ2v) is 10.3. The van der Waals surface area contributed by atoms with E-state index >= 15 is 0 Å². The summed E-state index contributed by atoms with van der Waals surface area (Å²) in [6, 6.07) is 17.4. The summed E-state index contributed by atoms with van der Waals surface area (Å²) in [5, 5.41) is 7.64. The fraction of sp³-hybridized carbons (Fsp3) is 0.290. The number of nitrogens with one attached hydrogen (secondary N) is 3. The van der Waals surface area contributed by atoms with Crippen molar-refractivity contribution >= 4 is 29.1 Å². The second kappa shape index (κ2) is 14.3. The summed E-state index contributed by atoms with van der Waals surface area (Å²) in [4.78, 5) is 48.7. The number of imidazole rings is 1. The number of carbonyl (C=O) groups is 3. The normalized spacial score (nSPS) is 15.9. The highest BCUT2D eigenvalue weighted by Crippen LogP contribution is 2.26. The number of thiophene rings is 1. The molecule has 2 aromatic heterocycles. The molecule has 3 amide bonds. The molecule has 9 nitrogen and oxygen atoms in total. The van der Waals surface area contributed by atoms with Gasteiger partial charge in [-0.15, -0.1) is 11.3 Å². The van der Waals surface area contributed by atoms with Gasteiger partial charge in [0.25, 0.3) is 5.91 Å². The number of benzene rings is 2. The van der Waals surface area contributed by atoms with Gasteiger partial charge in [0.15, 0.2) is 0 Å². The Morgan fingerprint density at radius 1 is 1.02 bits per heavy atom. The summed E-state index contributed by atoms with van der Waals surface area (Å²) in [5.74, 6) is 1.24. The lowest BCUT2D eigenvalue weighted by molar-refractivity contribution is -0.139. The van der Waals surface area contributed by atoms with Crippen molar-refractivity contribution in [3.63, 3.8) is 0 Å². The van der Waals surface area contributed by atoms with Gasteiger partial charge in [0, 0.05) is 39.8 Å². The van der Waals surface area contributed by atoms with Crippen molar-refractivity contribution in [1.82, 2.24) is 25.5 Å². The van der Waals surface area contributed by atoms with Crippen LogP contribution in [0.3, 0.4) is 0 Å². The highest BCUT2D eigenvalue weighted by Gasteiger charge is 2.38. The van der Waals surface area contributed by atoms with Crippen LogP contribution in [0.15, 0.2) is 78.4 Å². The van der Waals surface area contributed by atoms with Crippen molar-refractivity contribution in [3.05, 3.63) is 88.9 Å². The highest BCUT2D eigenvalue weighted by molar-refractivity contribution is 7.10. The monoisotopic (exact) mass is 573 g/mol. The Balaban J connectivity index is 0.00000189. The second-order valence-electron chi connectivity index (χ2n) is 9.32. The van der Waals surface area contributed by atoms with Crippen molar-refractivity contribution < 1.29 is 19.1 Å². The summed E-state index contributed by atoms with van der Waals surface area (Å²) in [5.41, 5.74) is 1.38. The average Bonchev–Trinajstić information content (AvgIpc) is 3.78. The lowest BCUT2D eigenvalue weighted by Crippen LogP contribution is -2.51. The lowest BCUT2D eigenvalue weighted by Gasteiger charge is -2.28. The molecule has 10 heteroatoms. The van der Waals surface area contributed by atoms with Crippen molar-refractivity contribution in [2.24, 2.45) is 0 Å². The van der Waals surface area contributed by atoms with Gasteiger partial charge in [-0.1, -0.05) is 32.0 Å². The number of ether oxygens (including phenoxy) is 1. The van der Waals surface area contributed by atoms with Crippen LogP contribution in [-0.4, -0.2) is 51.2 Å². The third-order valence-electron chi connectivity index (χ3n) is 6.62. The molecule has 41 heavy (non-hydrogen) atoms. The fourth-order valence-corrected chi connectivity index (χ4v) is 5.43. The van der Waals surface area contributed by atoms with E-state index in [1.165, 1.54) is 11.3 Å². The fourth-order valence-electron chi connectivity index (χ4n) is 4.62. The first kappa shape index (κ1) is 29.5. The Labute approximate surface area is 244 Å². The predicted octanol–water partition coefficient (Wildman–Crippen LogP) is 5.38. The number of carbonyl (C=O) groups excluding carboxylic acids is 3. The van der Waals surface area contributed by atoms with Crippen molar-refractivity contribution in [1.29, 1.82) is 0 Å². The van der Waals surface area contributed by atoms with E-state index in [2.05, 4.69) is 20.6 Å². The van der Waals surface area contributed by atoms with E-state index in [1.54, 1.807) is 41.6 Å². The molecule has 1 saturated heterocycles. The van der Waals surface area contributed by atoms with E-state index in [1.807, 2.05) is 62.5 Å². The molecule has 3 heterocycles. The van der Waals surface area contributed by atoms with Gasteiger partial charge in [0.1, 0.15) is 23.4 Å². The third kappa shape index (κ3) is 7.61. The van der Waals surface area contributed by atoms with E-state index in [0.29, 0.717) is 30.0 Å². The minimum absolute atomic E-state index is 0.0909. The predicted molar refractivity (Wildman–Crippen MR) is 160 cm³/mol. The number of aromatic nitrogens is 2. The number of para-hydroxylation sites is 1. The van der Waals surface area contributed by atoms with Gasteiger partial charge in [0.2, 0.25) is 11.8 Å².